The minimum absolute atomic E-state index is 0.107. The zero-order valence-corrected chi connectivity index (χ0v) is 8.24. The molecule has 2 unspecified atom stereocenters. The molecule has 2 nitrogen and oxygen atoms in total. The smallest absolute Gasteiger partial charge is 0.281 e. The van der Waals surface area contributed by atoms with E-state index in [2.05, 4.69) is 4.99 Å². The molecule has 0 heterocycles. The lowest BCUT2D eigenvalue weighted by Gasteiger charge is -2.08. The fourth-order valence-electron chi connectivity index (χ4n) is 0.377. The van der Waals surface area contributed by atoms with Crippen LogP contribution in [0.15, 0.2) is 16.8 Å². The largest absolute Gasteiger partial charge is 0.323 e. The lowest BCUT2D eigenvalue weighted by atomic mass is 10.3. The minimum Gasteiger partial charge on any atom is -0.323 e. The third-order valence-corrected chi connectivity index (χ3v) is 1.57. The summed E-state index contributed by atoms with van der Waals surface area (Å²) < 4.78 is 24.9. The summed E-state index contributed by atoms with van der Waals surface area (Å²) in [6, 6.07) is -0.216. The Labute approximate surface area is 73.1 Å². The van der Waals surface area contributed by atoms with Crippen LogP contribution >= 0.6 is 9.24 Å². The highest BCUT2D eigenvalue weighted by atomic mass is 31.0. The molecule has 12 heavy (non-hydrogen) atoms. The fraction of sp³-hybridized carbons (Fsp3) is 0.571. The van der Waals surface area contributed by atoms with E-state index >= 15 is 0 Å². The molecule has 0 spiro atoms. The van der Waals surface area contributed by atoms with Gasteiger partial charge in [-0.15, -0.1) is 0 Å². The Bertz CT molecular complexity index is 194. The predicted octanol–water partition coefficient (Wildman–Crippen LogP) is 1.78. The van der Waals surface area contributed by atoms with E-state index in [9.17, 15) is 8.78 Å². The molecule has 5 heteroatoms. The van der Waals surface area contributed by atoms with Crippen molar-refractivity contribution < 1.29 is 8.78 Å². The molecule has 2 atom stereocenters. The summed E-state index contributed by atoms with van der Waals surface area (Å²) in [7, 11) is 1.44. The monoisotopic (exact) mass is 194 g/mol. The number of halogens is 2. The van der Waals surface area contributed by atoms with Gasteiger partial charge in [-0.1, -0.05) is 9.24 Å². The van der Waals surface area contributed by atoms with Crippen LogP contribution in [-0.2, 0) is 0 Å². The molecule has 0 fully saturated rings. The van der Waals surface area contributed by atoms with Crippen molar-refractivity contribution in [2.45, 2.75) is 25.6 Å². The summed E-state index contributed by atoms with van der Waals surface area (Å²) in [4.78, 5) is 3.63. The molecule has 0 aromatic carbocycles. The Morgan fingerprint density at radius 3 is 2.50 bits per heavy atom. The first-order chi connectivity index (χ1) is 5.34. The first-order valence-electron chi connectivity index (χ1n) is 3.47. The molecular formula is C7H13F2N2P. The van der Waals surface area contributed by atoms with Crippen molar-refractivity contribution in [1.82, 2.24) is 0 Å². The molecule has 0 rings (SSSR count). The van der Waals surface area contributed by atoms with E-state index < -0.39 is 5.66 Å². The van der Waals surface area contributed by atoms with Crippen molar-refractivity contribution in [2.24, 2.45) is 10.7 Å². The summed E-state index contributed by atoms with van der Waals surface area (Å²) in [5.74, 6) is 0. The van der Waals surface area contributed by atoms with Gasteiger partial charge in [-0.25, -0.2) is 0 Å². The minimum atomic E-state index is -2.88. The second kappa shape index (κ2) is 4.63. The summed E-state index contributed by atoms with van der Waals surface area (Å²) >= 11 is 0. The lowest BCUT2D eigenvalue weighted by Crippen LogP contribution is -2.15. The van der Waals surface area contributed by atoms with Crippen molar-refractivity contribution in [2.75, 3.05) is 0 Å². The van der Waals surface area contributed by atoms with Crippen molar-refractivity contribution in [3.8, 4) is 0 Å². The average Bonchev–Trinajstić information content (AvgIpc) is 1.84. The number of nitrogens with two attached hydrogens (primary N) is 1. The summed E-state index contributed by atoms with van der Waals surface area (Å²) in [5, 5.41) is 0. The van der Waals surface area contributed by atoms with E-state index in [0.717, 1.165) is 6.20 Å². The van der Waals surface area contributed by atoms with Crippen LogP contribution in [0.25, 0.3) is 0 Å². The SMILES string of the molecule is C/C(=C\N=CC(C)N)C(F)(F)P. The van der Waals surface area contributed by atoms with E-state index in [0.29, 0.717) is 0 Å². The van der Waals surface area contributed by atoms with Crippen molar-refractivity contribution in [3.63, 3.8) is 0 Å². The topological polar surface area (TPSA) is 38.4 Å². The molecule has 0 saturated carbocycles. The van der Waals surface area contributed by atoms with Crippen molar-refractivity contribution >= 4 is 15.5 Å². The fourth-order valence-corrected chi connectivity index (χ4v) is 0.451. The van der Waals surface area contributed by atoms with Crippen LogP contribution in [0.2, 0.25) is 0 Å². The van der Waals surface area contributed by atoms with Gasteiger partial charge in [0.15, 0.2) is 0 Å². The highest BCUT2D eigenvalue weighted by Gasteiger charge is 2.23. The van der Waals surface area contributed by atoms with Crippen LogP contribution in [0.3, 0.4) is 0 Å². The van der Waals surface area contributed by atoms with E-state index in [-0.39, 0.29) is 11.6 Å². The van der Waals surface area contributed by atoms with Gasteiger partial charge in [-0.2, -0.15) is 8.78 Å². The van der Waals surface area contributed by atoms with E-state index in [4.69, 9.17) is 5.73 Å². The number of alkyl halides is 2. The molecule has 0 aliphatic rings. The number of hydrogen-bond donors (Lipinski definition) is 1. The molecule has 0 aliphatic carbocycles. The third-order valence-electron chi connectivity index (χ3n) is 1.12. The molecule has 0 radical (unpaired) electrons. The number of nitrogens with zero attached hydrogens (tertiary/aromatic N) is 1. The summed E-state index contributed by atoms with van der Waals surface area (Å²) in [6.07, 6.45) is 2.51. The van der Waals surface area contributed by atoms with Crippen LogP contribution in [0.5, 0.6) is 0 Å². The van der Waals surface area contributed by atoms with Crippen LogP contribution in [-0.4, -0.2) is 17.9 Å². The maximum atomic E-state index is 12.4. The molecular weight excluding hydrogens is 181 g/mol. The van der Waals surface area contributed by atoms with Crippen LogP contribution in [0.1, 0.15) is 13.8 Å². The lowest BCUT2D eigenvalue weighted by molar-refractivity contribution is 0.146. The molecule has 0 amide bonds. The first kappa shape index (κ1) is 11.7. The van der Waals surface area contributed by atoms with Crippen LogP contribution < -0.4 is 5.73 Å². The molecule has 0 aliphatic heterocycles. The highest BCUT2D eigenvalue weighted by molar-refractivity contribution is 7.18. The van der Waals surface area contributed by atoms with Gasteiger partial charge in [0.25, 0.3) is 5.66 Å². The first-order valence-corrected chi connectivity index (χ1v) is 4.04. The normalized spacial score (nSPS) is 17.0. The maximum Gasteiger partial charge on any atom is 0.281 e. The van der Waals surface area contributed by atoms with Gasteiger partial charge in [0.1, 0.15) is 0 Å². The third kappa shape index (κ3) is 5.33. The Balaban J connectivity index is 4.20. The quantitative estimate of drug-likeness (QED) is 0.539. The Kier molecular flexibility index (Phi) is 4.50. The summed E-state index contributed by atoms with van der Waals surface area (Å²) in [5.41, 5.74) is 2.33. The summed E-state index contributed by atoms with van der Waals surface area (Å²) in [6.45, 7) is 3.02. The van der Waals surface area contributed by atoms with Gasteiger partial charge >= 0.3 is 0 Å². The number of rotatable bonds is 3. The Morgan fingerprint density at radius 2 is 2.17 bits per heavy atom. The van der Waals surface area contributed by atoms with Gasteiger partial charge in [0, 0.05) is 24.0 Å². The van der Waals surface area contributed by atoms with Gasteiger partial charge in [0.2, 0.25) is 0 Å². The number of allylic oxidation sites excluding steroid dienone is 1. The van der Waals surface area contributed by atoms with Gasteiger partial charge in [0.05, 0.1) is 0 Å². The standard InChI is InChI=1S/C7H13F2N2P/c1-5(7(8,9)12)3-11-4-6(2)10/h3-4,6H,10,12H2,1-2H3/b5-3+,11-4?. The number of hydrogen-bond acceptors (Lipinski definition) is 2. The Morgan fingerprint density at radius 1 is 1.67 bits per heavy atom. The van der Waals surface area contributed by atoms with Gasteiger partial charge in [-0.3, -0.25) is 4.99 Å². The molecule has 0 aromatic heterocycles. The van der Waals surface area contributed by atoms with E-state index in [1.165, 1.54) is 22.4 Å². The second-order valence-corrected chi connectivity index (χ2v) is 3.32. The second-order valence-electron chi connectivity index (χ2n) is 2.59. The van der Waals surface area contributed by atoms with Gasteiger partial charge < -0.3 is 5.73 Å². The maximum absolute atomic E-state index is 12.4. The zero-order chi connectivity index (χ0) is 9.78. The molecule has 0 bridgehead atoms. The Hall–Kier alpha value is -0.340. The highest BCUT2D eigenvalue weighted by Crippen LogP contribution is 2.30. The van der Waals surface area contributed by atoms with E-state index in [1.54, 1.807) is 6.92 Å². The predicted molar refractivity (Wildman–Crippen MR) is 50.6 cm³/mol. The van der Waals surface area contributed by atoms with E-state index in [1.807, 2.05) is 0 Å². The van der Waals surface area contributed by atoms with Gasteiger partial charge in [-0.05, 0) is 13.8 Å². The molecule has 0 saturated heterocycles. The number of aliphatic imine (C=N–C) groups is 1. The van der Waals surface area contributed by atoms with Crippen LogP contribution in [0, 0.1) is 0 Å². The van der Waals surface area contributed by atoms with Crippen LogP contribution in [0.4, 0.5) is 8.78 Å². The molecule has 70 valence electrons. The van der Waals surface area contributed by atoms with Crippen molar-refractivity contribution in [3.05, 3.63) is 11.8 Å². The van der Waals surface area contributed by atoms with Crippen molar-refractivity contribution in [1.29, 1.82) is 0 Å². The average molecular weight is 194 g/mol. The molecule has 0 aromatic rings. The molecule has 2 N–H and O–H groups in total. The zero-order valence-electron chi connectivity index (χ0n) is 7.09.